The van der Waals surface area contributed by atoms with Crippen LogP contribution in [-0.4, -0.2) is 32.2 Å². The van der Waals surface area contributed by atoms with Gasteiger partial charge in [-0.15, -0.1) is 10.2 Å². The first-order valence-electron chi connectivity index (χ1n) is 4.88. The molecule has 0 fully saturated rings. The van der Waals surface area contributed by atoms with Crippen LogP contribution in [0.25, 0.3) is 5.65 Å². The molecule has 0 atom stereocenters. The fourth-order valence-corrected chi connectivity index (χ4v) is 1.28. The van der Waals surface area contributed by atoms with Gasteiger partial charge in [0.05, 0.1) is 12.8 Å². The molecule has 2 aromatic heterocycles. The number of halogens is 3. The molecule has 0 saturated heterocycles. The van der Waals surface area contributed by atoms with Gasteiger partial charge >= 0.3 is 12.1 Å². The highest BCUT2D eigenvalue weighted by molar-refractivity contribution is 5.86. The van der Waals surface area contributed by atoms with Gasteiger partial charge < -0.3 is 4.74 Å². The summed E-state index contributed by atoms with van der Waals surface area (Å²) < 4.78 is 43.0. The molecule has 0 aliphatic heterocycles. The molecule has 6 nitrogen and oxygen atoms in total. The van der Waals surface area contributed by atoms with Crippen LogP contribution in [-0.2, 0) is 10.9 Å². The first kappa shape index (κ1) is 12.3. The molecule has 0 aliphatic carbocycles. The molecule has 0 aromatic carbocycles. The van der Waals surface area contributed by atoms with Gasteiger partial charge in [0.15, 0.2) is 11.3 Å². The smallest absolute Gasteiger partial charge is 0.434 e. The number of carbonyl (C=O) groups excluding carboxylic acids is 1. The van der Waals surface area contributed by atoms with Crippen LogP contribution in [0.2, 0.25) is 0 Å². The van der Waals surface area contributed by atoms with Crippen LogP contribution in [0, 0.1) is 0 Å². The lowest BCUT2D eigenvalue weighted by Gasteiger charge is -2.06. The third-order valence-electron chi connectivity index (χ3n) is 2.04. The Balaban J connectivity index is 2.53. The Bertz CT molecular complexity index is 593. The van der Waals surface area contributed by atoms with Crippen LogP contribution in [0.15, 0.2) is 12.4 Å². The van der Waals surface area contributed by atoms with Crippen molar-refractivity contribution in [2.45, 2.75) is 13.1 Å². The molecule has 0 radical (unpaired) electrons. The lowest BCUT2D eigenvalue weighted by atomic mass is 10.4. The van der Waals surface area contributed by atoms with E-state index in [4.69, 9.17) is 0 Å². The van der Waals surface area contributed by atoms with Crippen LogP contribution in [0.3, 0.4) is 0 Å². The van der Waals surface area contributed by atoms with Crippen molar-refractivity contribution in [1.82, 2.24) is 19.6 Å². The normalized spacial score (nSPS) is 11.8. The number of fused-ring (bicyclic) bond motifs is 1. The molecule has 0 unspecified atom stereocenters. The maximum atomic E-state index is 12.5. The van der Waals surface area contributed by atoms with E-state index in [9.17, 15) is 18.0 Å². The molecule has 18 heavy (non-hydrogen) atoms. The monoisotopic (exact) mass is 260 g/mol. The standard InChI is InChI=1S/C9H7F3N4O2/c1-2-18-8(17)7-15-14-6-3-13-5(4-16(6)7)9(10,11)12/h3-4H,2H2,1H3. The maximum Gasteiger partial charge on any atom is 0.434 e. The number of ether oxygens (including phenoxy) is 1. The van der Waals surface area contributed by atoms with Crippen molar-refractivity contribution >= 4 is 11.6 Å². The van der Waals surface area contributed by atoms with Gasteiger partial charge in [0.25, 0.3) is 0 Å². The summed E-state index contributed by atoms with van der Waals surface area (Å²) in [6, 6.07) is 0. The summed E-state index contributed by atoms with van der Waals surface area (Å²) in [6.07, 6.45) is -3.06. The van der Waals surface area contributed by atoms with Gasteiger partial charge in [-0.2, -0.15) is 13.2 Å². The van der Waals surface area contributed by atoms with Gasteiger partial charge in [-0.25, -0.2) is 9.78 Å². The van der Waals surface area contributed by atoms with E-state index in [1.54, 1.807) is 6.92 Å². The number of hydrogen-bond acceptors (Lipinski definition) is 5. The molecule has 2 rings (SSSR count). The van der Waals surface area contributed by atoms with Gasteiger partial charge in [-0.05, 0) is 6.92 Å². The quantitative estimate of drug-likeness (QED) is 0.761. The van der Waals surface area contributed by atoms with E-state index in [0.717, 1.165) is 10.6 Å². The number of hydrogen-bond donors (Lipinski definition) is 0. The van der Waals surface area contributed by atoms with E-state index in [-0.39, 0.29) is 18.1 Å². The second-order valence-corrected chi connectivity index (χ2v) is 3.24. The minimum atomic E-state index is -4.61. The summed E-state index contributed by atoms with van der Waals surface area (Å²) in [6.45, 7) is 1.66. The molecular weight excluding hydrogens is 253 g/mol. The van der Waals surface area contributed by atoms with E-state index >= 15 is 0 Å². The van der Waals surface area contributed by atoms with Crippen molar-refractivity contribution in [3.63, 3.8) is 0 Å². The highest BCUT2D eigenvalue weighted by atomic mass is 19.4. The Morgan fingerprint density at radius 2 is 2.17 bits per heavy atom. The Labute approximate surface area is 98.4 Å². The Hall–Kier alpha value is -2.19. The molecule has 0 aliphatic rings. The average molecular weight is 260 g/mol. The average Bonchev–Trinajstić information content (AvgIpc) is 2.70. The van der Waals surface area contributed by atoms with Crippen LogP contribution < -0.4 is 0 Å². The van der Waals surface area contributed by atoms with Gasteiger partial charge in [-0.3, -0.25) is 4.40 Å². The second-order valence-electron chi connectivity index (χ2n) is 3.24. The zero-order chi connectivity index (χ0) is 13.3. The highest BCUT2D eigenvalue weighted by Crippen LogP contribution is 2.27. The predicted molar refractivity (Wildman–Crippen MR) is 51.7 cm³/mol. The molecule has 0 bridgehead atoms. The number of nitrogens with zero attached hydrogens (tertiary/aromatic N) is 4. The number of rotatable bonds is 2. The number of alkyl halides is 3. The Morgan fingerprint density at radius 3 is 2.78 bits per heavy atom. The minimum absolute atomic E-state index is 0.0334. The van der Waals surface area contributed by atoms with Crippen LogP contribution in [0.5, 0.6) is 0 Å². The maximum absolute atomic E-state index is 12.5. The molecule has 0 saturated carbocycles. The number of aromatic nitrogens is 4. The third-order valence-corrected chi connectivity index (χ3v) is 2.04. The van der Waals surface area contributed by atoms with Gasteiger partial charge in [0, 0.05) is 6.20 Å². The molecule has 0 N–H and O–H groups in total. The van der Waals surface area contributed by atoms with Gasteiger partial charge in [0.1, 0.15) is 0 Å². The zero-order valence-corrected chi connectivity index (χ0v) is 9.10. The van der Waals surface area contributed by atoms with Crippen molar-refractivity contribution < 1.29 is 22.7 Å². The fraction of sp³-hybridized carbons (Fsp3) is 0.333. The summed E-state index contributed by atoms with van der Waals surface area (Å²) in [5, 5.41) is 7.00. The van der Waals surface area contributed by atoms with Crippen molar-refractivity contribution in [2.24, 2.45) is 0 Å². The molecule has 96 valence electrons. The Morgan fingerprint density at radius 1 is 1.44 bits per heavy atom. The summed E-state index contributed by atoms with van der Waals surface area (Å²) in [4.78, 5) is 14.6. The van der Waals surface area contributed by atoms with E-state index in [0.29, 0.717) is 6.20 Å². The number of carbonyl (C=O) groups is 1. The SMILES string of the molecule is CCOC(=O)c1nnc2cnc(C(F)(F)F)cn12. The topological polar surface area (TPSA) is 69.4 Å². The molecule has 0 spiro atoms. The second kappa shape index (κ2) is 4.24. The van der Waals surface area contributed by atoms with Crippen molar-refractivity contribution in [3.8, 4) is 0 Å². The van der Waals surface area contributed by atoms with E-state index < -0.39 is 17.8 Å². The first-order chi connectivity index (χ1) is 8.43. The Kier molecular flexibility index (Phi) is 2.89. The van der Waals surface area contributed by atoms with Gasteiger partial charge in [0.2, 0.25) is 5.82 Å². The van der Waals surface area contributed by atoms with Gasteiger partial charge in [-0.1, -0.05) is 0 Å². The zero-order valence-electron chi connectivity index (χ0n) is 9.10. The van der Waals surface area contributed by atoms with Crippen molar-refractivity contribution in [1.29, 1.82) is 0 Å². The van der Waals surface area contributed by atoms with Crippen LogP contribution in [0.1, 0.15) is 23.2 Å². The molecule has 0 amide bonds. The third kappa shape index (κ3) is 2.11. The summed E-state index contributed by atoms with van der Waals surface area (Å²) >= 11 is 0. The van der Waals surface area contributed by atoms with Crippen molar-refractivity contribution in [3.05, 3.63) is 23.9 Å². The first-order valence-corrected chi connectivity index (χ1v) is 4.88. The molecule has 2 aromatic rings. The lowest BCUT2D eigenvalue weighted by Crippen LogP contribution is -2.13. The van der Waals surface area contributed by atoms with Crippen molar-refractivity contribution in [2.75, 3.05) is 6.61 Å². The lowest BCUT2D eigenvalue weighted by molar-refractivity contribution is -0.141. The van der Waals surface area contributed by atoms with E-state index in [2.05, 4.69) is 19.9 Å². The summed E-state index contributed by atoms with van der Waals surface area (Å²) in [5.41, 5.74) is -1.11. The number of esters is 1. The predicted octanol–water partition coefficient (Wildman–Crippen LogP) is 1.32. The van der Waals surface area contributed by atoms with Crippen LogP contribution >= 0.6 is 0 Å². The van der Waals surface area contributed by atoms with E-state index in [1.165, 1.54) is 0 Å². The fourth-order valence-electron chi connectivity index (χ4n) is 1.28. The van der Waals surface area contributed by atoms with Crippen LogP contribution in [0.4, 0.5) is 13.2 Å². The molecule has 2 heterocycles. The summed E-state index contributed by atoms with van der Waals surface area (Å²) in [5.74, 6) is -1.16. The summed E-state index contributed by atoms with van der Waals surface area (Å²) in [7, 11) is 0. The highest BCUT2D eigenvalue weighted by Gasteiger charge is 2.33. The molecular formula is C9H7F3N4O2. The largest absolute Gasteiger partial charge is 0.460 e. The minimum Gasteiger partial charge on any atom is -0.460 e. The molecule has 9 heteroatoms. The van der Waals surface area contributed by atoms with E-state index in [1.807, 2.05) is 0 Å².